The van der Waals surface area contributed by atoms with Crippen molar-refractivity contribution in [2.24, 2.45) is 5.41 Å². The maximum absolute atomic E-state index is 10.1. The van der Waals surface area contributed by atoms with Crippen molar-refractivity contribution < 1.29 is 10.2 Å². The maximum Gasteiger partial charge on any atom is 0.119 e. The van der Waals surface area contributed by atoms with Crippen molar-refractivity contribution in [3.63, 3.8) is 0 Å². The van der Waals surface area contributed by atoms with Crippen LogP contribution in [0.1, 0.15) is 130 Å². The van der Waals surface area contributed by atoms with Gasteiger partial charge in [-0.05, 0) is 65.5 Å². The predicted molar refractivity (Wildman–Crippen MR) is 158 cm³/mol. The molecular formula is C31H64O2. The van der Waals surface area contributed by atoms with Gasteiger partial charge >= 0.3 is 0 Å². The van der Waals surface area contributed by atoms with E-state index in [1.54, 1.807) is 6.08 Å². The van der Waals surface area contributed by atoms with Crippen LogP contribution >= 0.6 is 0 Å². The first-order valence-corrected chi connectivity index (χ1v) is 12.5. The molecule has 0 aromatic heterocycles. The Hall–Kier alpha value is -1.54. The second-order valence-corrected chi connectivity index (χ2v) is 9.77. The van der Waals surface area contributed by atoms with Crippen molar-refractivity contribution >= 4 is 0 Å². The van der Waals surface area contributed by atoms with E-state index in [4.69, 9.17) is 0 Å². The van der Waals surface area contributed by atoms with Crippen LogP contribution in [-0.4, -0.2) is 16.3 Å². The van der Waals surface area contributed by atoms with Crippen LogP contribution in [0.2, 0.25) is 0 Å². The van der Waals surface area contributed by atoms with Gasteiger partial charge < -0.3 is 10.2 Å². The van der Waals surface area contributed by atoms with Gasteiger partial charge in [-0.3, -0.25) is 0 Å². The molecule has 2 nitrogen and oxygen atoms in total. The van der Waals surface area contributed by atoms with E-state index in [1.807, 2.05) is 83.1 Å². The fourth-order valence-electron chi connectivity index (χ4n) is 1.38. The van der Waals surface area contributed by atoms with Gasteiger partial charge in [-0.1, -0.05) is 104 Å². The minimum atomic E-state index is -0.479. The van der Waals surface area contributed by atoms with Gasteiger partial charge in [0.2, 0.25) is 0 Å². The van der Waals surface area contributed by atoms with Gasteiger partial charge in [0.05, 0.1) is 6.10 Å². The molecule has 0 aromatic carbocycles. The van der Waals surface area contributed by atoms with Crippen molar-refractivity contribution in [1.29, 1.82) is 0 Å². The lowest BCUT2D eigenvalue weighted by molar-refractivity contribution is 0.0627. The van der Waals surface area contributed by atoms with Crippen LogP contribution in [0, 0.1) is 5.41 Å². The lowest BCUT2D eigenvalue weighted by atomic mass is 9.84. The third kappa shape index (κ3) is 58.9. The predicted octanol–water partition coefficient (Wildman–Crippen LogP) is 11.2. The van der Waals surface area contributed by atoms with Gasteiger partial charge in [0.25, 0.3) is 0 Å². The first kappa shape index (κ1) is 45.0. The first-order chi connectivity index (χ1) is 14.8. The lowest BCUT2D eigenvalue weighted by Crippen LogP contribution is -2.26. The zero-order chi connectivity index (χ0) is 28.4. The highest BCUT2D eigenvalue weighted by Crippen LogP contribution is 2.28. The second kappa shape index (κ2) is 30.5. The molecule has 0 rings (SSSR count). The topological polar surface area (TPSA) is 40.5 Å². The molecule has 1 unspecified atom stereocenters. The number of hydrogen-bond donors (Lipinski definition) is 2. The van der Waals surface area contributed by atoms with E-state index >= 15 is 0 Å². The quantitative estimate of drug-likeness (QED) is 0.244. The standard InChI is InChI=1S/C15H26O2.2C4H8.2C3H8.C2H6/c1-10(2)8-13(16)12(11(3)4)9-14(17)15(5,6)7;2*1-4(2)3;2*1-3-2;1-2/h8,14,16-17H,1,9H2,2-7H3;2*1H2,2-3H3;2*3H2,1-2H3;1-2H3/b13-8+;;;;;. The molecule has 0 saturated carbocycles. The Morgan fingerprint density at radius 2 is 1.00 bits per heavy atom. The Morgan fingerprint density at radius 1 is 0.758 bits per heavy atom. The summed E-state index contributed by atoms with van der Waals surface area (Å²) in [5.41, 5.74) is 4.76. The second-order valence-electron chi connectivity index (χ2n) is 9.77. The molecule has 0 radical (unpaired) electrons. The first-order valence-electron chi connectivity index (χ1n) is 12.5. The average molecular weight is 469 g/mol. The van der Waals surface area contributed by atoms with Crippen molar-refractivity contribution in [3.05, 3.63) is 59.4 Å². The largest absolute Gasteiger partial charge is 0.508 e. The summed E-state index contributed by atoms with van der Waals surface area (Å²) in [6.45, 7) is 42.9. The van der Waals surface area contributed by atoms with E-state index in [9.17, 15) is 10.2 Å². The molecule has 33 heavy (non-hydrogen) atoms. The third-order valence-electron chi connectivity index (χ3n) is 2.69. The summed E-state index contributed by atoms with van der Waals surface area (Å²) < 4.78 is 0. The summed E-state index contributed by atoms with van der Waals surface area (Å²) in [7, 11) is 0. The molecule has 0 amide bonds. The molecule has 2 N–H and O–H groups in total. The molecule has 0 fully saturated rings. The Kier molecular flexibility index (Phi) is 41.6. The van der Waals surface area contributed by atoms with E-state index in [2.05, 4.69) is 47.4 Å². The SMILES string of the molecule is C=C(C)/C=C(/O)C(CC(O)C(C)(C)C)=C(C)C.C=C(C)C.C=C(C)C.CC.CCC.CCC. The molecule has 0 spiro atoms. The Morgan fingerprint density at radius 3 is 1.15 bits per heavy atom. The van der Waals surface area contributed by atoms with E-state index in [-0.39, 0.29) is 11.2 Å². The molecule has 0 aliphatic heterocycles. The molecule has 0 aliphatic carbocycles. The fourth-order valence-corrected chi connectivity index (χ4v) is 1.38. The summed E-state index contributed by atoms with van der Waals surface area (Å²) in [5, 5.41) is 20.1. The highest BCUT2D eigenvalue weighted by atomic mass is 16.3. The summed E-state index contributed by atoms with van der Waals surface area (Å²) in [5.74, 6) is 0.209. The average Bonchev–Trinajstić information content (AvgIpc) is 2.59. The molecule has 200 valence electrons. The molecule has 1 atom stereocenters. The van der Waals surface area contributed by atoms with Crippen molar-refractivity contribution in [3.8, 4) is 0 Å². The number of aliphatic hydroxyl groups is 2. The van der Waals surface area contributed by atoms with Crippen LogP contribution in [-0.2, 0) is 0 Å². The zero-order valence-electron chi connectivity index (χ0n) is 25.8. The molecule has 0 aromatic rings. The number of allylic oxidation sites excluding steroid dienone is 6. The number of rotatable bonds is 4. The normalized spacial score (nSPS) is 10.3. The van der Waals surface area contributed by atoms with Gasteiger partial charge in [-0.2, -0.15) is 0 Å². The molecule has 0 aliphatic rings. The van der Waals surface area contributed by atoms with E-state index in [0.29, 0.717) is 6.42 Å². The van der Waals surface area contributed by atoms with Gasteiger partial charge in [0, 0.05) is 6.42 Å². The van der Waals surface area contributed by atoms with Crippen molar-refractivity contribution in [2.75, 3.05) is 0 Å². The van der Waals surface area contributed by atoms with Crippen LogP contribution in [0.15, 0.2) is 59.4 Å². The molecule has 0 saturated heterocycles. The van der Waals surface area contributed by atoms with E-state index in [1.165, 1.54) is 24.0 Å². The lowest BCUT2D eigenvalue weighted by Gasteiger charge is -2.27. The van der Waals surface area contributed by atoms with Gasteiger partial charge in [-0.15, -0.1) is 13.2 Å². The van der Waals surface area contributed by atoms with Gasteiger partial charge in [-0.25, -0.2) is 0 Å². The summed E-state index contributed by atoms with van der Waals surface area (Å²) in [6.07, 6.45) is 4.12. The van der Waals surface area contributed by atoms with Crippen LogP contribution in [0.4, 0.5) is 0 Å². The van der Waals surface area contributed by atoms with Gasteiger partial charge in [0.15, 0.2) is 0 Å². The van der Waals surface area contributed by atoms with Crippen LogP contribution < -0.4 is 0 Å². The number of hydrogen-bond acceptors (Lipinski definition) is 2. The summed E-state index contributed by atoms with van der Waals surface area (Å²) >= 11 is 0. The van der Waals surface area contributed by atoms with E-state index < -0.39 is 6.10 Å². The van der Waals surface area contributed by atoms with Crippen LogP contribution in [0.5, 0.6) is 0 Å². The molecular weight excluding hydrogens is 404 g/mol. The maximum atomic E-state index is 10.1. The fraction of sp³-hybridized carbons (Fsp3) is 0.677. The highest BCUT2D eigenvalue weighted by Gasteiger charge is 2.24. The van der Waals surface area contributed by atoms with Crippen molar-refractivity contribution in [2.45, 2.75) is 136 Å². The Labute approximate surface area is 211 Å². The molecule has 2 heteroatoms. The van der Waals surface area contributed by atoms with Crippen molar-refractivity contribution in [1.82, 2.24) is 0 Å². The molecule has 0 bridgehead atoms. The Bertz CT molecular complexity index is 500. The zero-order valence-corrected chi connectivity index (χ0v) is 25.8. The summed E-state index contributed by atoms with van der Waals surface area (Å²) in [4.78, 5) is 0. The highest BCUT2D eigenvalue weighted by molar-refractivity contribution is 5.34. The van der Waals surface area contributed by atoms with E-state index in [0.717, 1.165) is 16.7 Å². The van der Waals surface area contributed by atoms with Crippen LogP contribution in [0.3, 0.4) is 0 Å². The number of aliphatic hydroxyl groups excluding tert-OH is 2. The minimum Gasteiger partial charge on any atom is -0.508 e. The molecule has 0 heterocycles. The third-order valence-corrected chi connectivity index (χ3v) is 2.69. The Balaban J connectivity index is -0.0000000926. The minimum absolute atomic E-state index is 0.190. The smallest absolute Gasteiger partial charge is 0.119 e. The monoisotopic (exact) mass is 468 g/mol. The summed E-state index contributed by atoms with van der Waals surface area (Å²) in [6, 6.07) is 0. The van der Waals surface area contributed by atoms with Crippen LogP contribution in [0.25, 0.3) is 0 Å². The van der Waals surface area contributed by atoms with Gasteiger partial charge in [0.1, 0.15) is 5.76 Å².